The molecule has 0 fully saturated rings. The van der Waals surface area contributed by atoms with E-state index in [2.05, 4.69) is 130 Å². The molecule has 0 atom stereocenters. The van der Waals surface area contributed by atoms with Gasteiger partial charge in [-0.15, -0.1) is 0 Å². The lowest BCUT2D eigenvalue weighted by molar-refractivity contribution is 0.336. The standard InChI is InChI=1S/C22H60O2Si8/c1-25(2,3)31(26(4,5)6,27(7,8)9)23-21-19-20-22-24-32(28(10,11)12,29(13,14)15)30(16,17)18/h19,21H,20,22H2,1-18H3. The molecule has 192 valence electrons. The third-order valence-corrected chi connectivity index (χ3v) is 142. The second-order valence-corrected chi connectivity index (χ2v) is 94.9. The van der Waals surface area contributed by atoms with Crippen molar-refractivity contribution in [3.05, 3.63) is 12.3 Å². The lowest BCUT2D eigenvalue weighted by Gasteiger charge is -2.56. The van der Waals surface area contributed by atoms with Gasteiger partial charge in [0.15, 0.2) is 6.87 Å². The zero-order chi connectivity index (χ0) is 26.2. The zero-order valence-corrected chi connectivity index (χ0v) is 33.4. The van der Waals surface area contributed by atoms with Crippen LogP contribution in [0.3, 0.4) is 0 Å². The van der Waals surface area contributed by atoms with Crippen LogP contribution in [0.1, 0.15) is 6.42 Å². The molecular weight excluding hydrogens is 521 g/mol. The van der Waals surface area contributed by atoms with E-state index >= 15 is 0 Å². The molecule has 0 radical (unpaired) electrons. The fourth-order valence-corrected chi connectivity index (χ4v) is 196. The summed E-state index contributed by atoms with van der Waals surface area (Å²) < 4.78 is 14.3. The summed E-state index contributed by atoms with van der Waals surface area (Å²) in [6, 6.07) is 0. The first-order valence-electron chi connectivity index (χ1n) is 12.7. The molecular formula is C22H60O2Si8. The molecule has 0 N–H and O–H groups in total. The molecule has 2 nitrogen and oxygen atoms in total. The Kier molecular flexibility index (Phi) is 10.7. The van der Waals surface area contributed by atoms with Crippen LogP contribution in [0.4, 0.5) is 0 Å². The van der Waals surface area contributed by atoms with Gasteiger partial charge in [0.25, 0.3) is 0 Å². The highest BCUT2D eigenvalue weighted by Crippen LogP contribution is 2.39. The van der Waals surface area contributed by atoms with Gasteiger partial charge in [0.1, 0.15) is 0 Å². The highest BCUT2D eigenvalue weighted by Gasteiger charge is 2.65. The lowest BCUT2D eigenvalue weighted by Crippen LogP contribution is -2.84. The molecule has 0 aliphatic carbocycles. The van der Waals surface area contributed by atoms with Crippen molar-refractivity contribution in [1.82, 2.24) is 0 Å². The molecule has 0 saturated carbocycles. The minimum absolute atomic E-state index is 0.895. The Morgan fingerprint density at radius 1 is 0.438 bits per heavy atom. The van der Waals surface area contributed by atoms with E-state index in [-0.39, 0.29) is 0 Å². The van der Waals surface area contributed by atoms with Gasteiger partial charge in [-0.2, -0.15) is 0 Å². The maximum absolute atomic E-state index is 7.21. The second kappa shape index (κ2) is 10.3. The Hall–Kier alpha value is 1.24. The summed E-state index contributed by atoms with van der Waals surface area (Å²) in [6.07, 6.45) is 5.48. The van der Waals surface area contributed by atoms with Gasteiger partial charge in [-0.25, -0.2) is 0 Å². The molecule has 0 heterocycles. The summed E-state index contributed by atoms with van der Waals surface area (Å²) in [5.41, 5.74) is 0. The number of rotatable bonds is 12. The van der Waals surface area contributed by atoms with Gasteiger partial charge < -0.3 is 8.85 Å². The average molecular weight is 581 g/mol. The Balaban J connectivity index is 5.78. The highest BCUT2D eigenvalue weighted by atomic mass is 29.9. The summed E-state index contributed by atoms with van der Waals surface area (Å²) in [5, 5.41) is 0. The van der Waals surface area contributed by atoms with Crippen molar-refractivity contribution in [3.63, 3.8) is 0 Å². The summed E-state index contributed by atoms with van der Waals surface area (Å²) in [4.78, 5) is 0. The SMILES string of the molecule is C[Si](C)(C)[Si](OC=CCCO[Si]([Si](C)(C)C)([Si](C)(C)C)[Si](C)(C)C)([Si](C)(C)C)[Si](C)(C)C. The first-order chi connectivity index (χ1) is 13.7. The molecule has 0 bridgehead atoms. The van der Waals surface area contributed by atoms with Crippen LogP contribution in [0.15, 0.2) is 12.3 Å². The van der Waals surface area contributed by atoms with Crippen LogP contribution < -0.4 is 0 Å². The van der Waals surface area contributed by atoms with Gasteiger partial charge in [-0.3, -0.25) is 0 Å². The van der Waals surface area contributed by atoms with E-state index in [0.717, 1.165) is 13.0 Å². The molecule has 32 heavy (non-hydrogen) atoms. The third kappa shape index (κ3) is 6.51. The number of hydrogen-bond donors (Lipinski definition) is 0. The van der Waals surface area contributed by atoms with Crippen LogP contribution in [-0.4, -0.2) is 65.9 Å². The van der Waals surface area contributed by atoms with Crippen LogP contribution in [0.5, 0.6) is 0 Å². The average Bonchev–Trinajstić information content (AvgIpc) is 2.41. The van der Waals surface area contributed by atoms with E-state index in [1.165, 1.54) is 0 Å². The van der Waals surface area contributed by atoms with Crippen molar-refractivity contribution in [2.24, 2.45) is 0 Å². The minimum Gasteiger partial charge on any atom is -0.558 e. The molecule has 0 aromatic carbocycles. The van der Waals surface area contributed by atoms with Crippen molar-refractivity contribution >= 4 is 59.3 Å². The summed E-state index contributed by atoms with van der Waals surface area (Å²) in [7, 11) is -8.32. The molecule has 0 unspecified atom stereocenters. The normalized spacial score (nSPS) is 16.1. The monoisotopic (exact) mass is 580 g/mol. The molecule has 10 heteroatoms. The summed E-state index contributed by atoms with van der Waals surface area (Å²) >= 11 is 0. The Labute approximate surface area is 210 Å². The van der Waals surface area contributed by atoms with Gasteiger partial charge in [-0.05, 0) is 12.5 Å². The van der Waals surface area contributed by atoms with E-state index in [1.54, 1.807) is 0 Å². The van der Waals surface area contributed by atoms with E-state index < -0.39 is 59.3 Å². The van der Waals surface area contributed by atoms with Crippen LogP contribution in [-0.2, 0) is 8.85 Å². The van der Waals surface area contributed by atoms with E-state index in [9.17, 15) is 0 Å². The molecule has 0 aliphatic heterocycles. The quantitative estimate of drug-likeness (QED) is 0.131. The Bertz CT molecular complexity index is 564. The third-order valence-electron chi connectivity index (χ3n) is 7.28. The lowest BCUT2D eigenvalue weighted by atomic mass is 10.5. The smallest absolute Gasteiger partial charge is 0.205 e. The molecule has 0 saturated heterocycles. The van der Waals surface area contributed by atoms with E-state index in [1.807, 2.05) is 0 Å². The largest absolute Gasteiger partial charge is 0.558 e. The van der Waals surface area contributed by atoms with Crippen molar-refractivity contribution < 1.29 is 8.85 Å². The van der Waals surface area contributed by atoms with Gasteiger partial charge in [-0.1, -0.05) is 118 Å². The Morgan fingerprint density at radius 3 is 0.969 bits per heavy atom. The van der Waals surface area contributed by atoms with Crippen molar-refractivity contribution in [3.8, 4) is 0 Å². The van der Waals surface area contributed by atoms with Crippen molar-refractivity contribution in [2.75, 3.05) is 6.61 Å². The van der Waals surface area contributed by atoms with Crippen molar-refractivity contribution in [2.45, 2.75) is 124 Å². The zero-order valence-electron chi connectivity index (χ0n) is 25.4. The van der Waals surface area contributed by atoms with E-state index in [0.29, 0.717) is 0 Å². The van der Waals surface area contributed by atoms with Crippen LogP contribution >= 0.6 is 0 Å². The fraction of sp³-hybridized carbons (Fsp3) is 0.909. The highest BCUT2D eigenvalue weighted by molar-refractivity contribution is 7.88. The molecule has 0 aromatic heterocycles. The fourth-order valence-electron chi connectivity index (χ4n) is 8.43. The minimum atomic E-state index is -1.77. The summed E-state index contributed by atoms with van der Waals surface area (Å²) in [6.45, 7) is 44.1. The summed E-state index contributed by atoms with van der Waals surface area (Å²) in [5.74, 6) is 0. The number of hydrogen-bond acceptors (Lipinski definition) is 2. The molecule has 0 rings (SSSR count). The van der Waals surface area contributed by atoms with Gasteiger partial charge in [0.2, 0.25) is 6.87 Å². The van der Waals surface area contributed by atoms with Gasteiger partial charge in [0, 0.05) is 6.61 Å². The van der Waals surface area contributed by atoms with Crippen LogP contribution in [0.25, 0.3) is 0 Å². The molecule has 0 aromatic rings. The maximum Gasteiger partial charge on any atom is 0.205 e. The van der Waals surface area contributed by atoms with Gasteiger partial charge >= 0.3 is 0 Å². The topological polar surface area (TPSA) is 18.5 Å². The molecule has 0 aliphatic rings. The first kappa shape index (κ1) is 33.2. The second-order valence-electron chi connectivity index (χ2n) is 16.0. The maximum atomic E-state index is 7.21. The van der Waals surface area contributed by atoms with Crippen LogP contribution in [0.2, 0.25) is 118 Å². The molecule has 0 amide bonds. The Morgan fingerprint density at radius 2 is 0.719 bits per heavy atom. The van der Waals surface area contributed by atoms with Gasteiger partial charge in [0.05, 0.1) is 51.8 Å². The van der Waals surface area contributed by atoms with E-state index in [4.69, 9.17) is 8.85 Å². The predicted octanol–water partition coefficient (Wildman–Crippen LogP) is 8.31. The molecule has 0 spiro atoms. The van der Waals surface area contributed by atoms with Crippen LogP contribution in [0, 0.1) is 0 Å². The predicted molar refractivity (Wildman–Crippen MR) is 172 cm³/mol. The van der Waals surface area contributed by atoms with Crippen molar-refractivity contribution in [1.29, 1.82) is 0 Å². The first-order valence-corrected chi connectivity index (χ1v) is 43.5.